The molecule has 0 bridgehead atoms. The number of hydrogen-bond acceptors (Lipinski definition) is 31. The van der Waals surface area contributed by atoms with Crippen LogP contribution in [0.1, 0.15) is 0 Å². The molecule has 26 aromatic rings. The number of nitrogens with zero attached hydrogens (tertiary/aromatic N) is 29. The molecule has 150 heavy (non-hydrogen) atoms. The number of para-hydroxylation sites is 4. The van der Waals surface area contributed by atoms with Gasteiger partial charge in [-0.1, -0.05) is 158 Å². The molecule has 12 aromatic carbocycles. The number of aromatic nitrogens is 29. The van der Waals surface area contributed by atoms with E-state index in [0.29, 0.717) is 80.9 Å². The average molecular weight is 1940 g/mol. The van der Waals surface area contributed by atoms with Crippen molar-refractivity contribution in [2.75, 3.05) is 0 Å². The predicted molar refractivity (Wildman–Crippen MR) is 569 cm³/mol. The minimum absolute atomic E-state index is 0.419. The minimum atomic E-state index is 0.419. The Morgan fingerprint density at radius 1 is 0.113 bits per heavy atom. The Morgan fingerprint density at radius 2 is 0.287 bits per heavy atom. The Balaban J connectivity index is 0.000000122. The molecule has 0 N–H and O–H groups in total. The quantitative estimate of drug-likeness (QED) is 0.0644. The third kappa shape index (κ3) is 20.3. The fraction of sp³-hybridized carbons (Fsp3) is 0. The van der Waals surface area contributed by atoms with Gasteiger partial charge < -0.3 is 8.83 Å². The molecule has 0 aliphatic carbocycles. The number of hydrogen-bond donors (Lipinski definition) is 0. The first-order chi connectivity index (χ1) is 74.2. The predicted octanol–water partition coefficient (Wildman–Crippen LogP) is 24.0. The Labute approximate surface area is 854 Å². The van der Waals surface area contributed by atoms with E-state index < -0.39 is 0 Å². The van der Waals surface area contributed by atoms with Crippen LogP contribution in [0, 0.1) is 0 Å². The van der Waals surface area contributed by atoms with Crippen molar-refractivity contribution in [2.45, 2.75) is 0 Å². The van der Waals surface area contributed by atoms with Crippen LogP contribution in [0.25, 0.3) is 259 Å². The molecule has 0 fully saturated rings. The van der Waals surface area contributed by atoms with E-state index in [-0.39, 0.29) is 0 Å². The van der Waals surface area contributed by atoms with Crippen LogP contribution in [0.2, 0.25) is 0 Å². The van der Waals surface area contributed by atoms with Gasteiger partial charge in [-0.15, -0.1) is 0 Å². The molecule has 0 unspecified atom stereocenters. The summed E-state index contributed by atoms with van der Waals surface area (Å²) in [5.74, 6) is 5.76. The summed E-state index contributed by atoms with van der Waals surface area (Å²) in [6.07, 6.45) is 45.5. The standard InChI is InChI=1S/C45H27N15.C41H25N5O2.C33H21N9/c1-28(37-10-46-22-47-11-37)4-34(5-29(1)38-12-48-23-49-13-38)43-58-44(35-6-30(39-14-50-24-51-15-39)2-31(7-35)40-16-52-25-53-17-40)60-45(59-43)36-8-32(41-18-54-26-55-19-41)3-33(9-36)42-20-56-27-57-21-42;1-2-8-26(9-3-1)27-14-16-28(17-15-27)37-44-38(29-18-22-31(23-19-29)40-42-33-10-4-6-12-35(33)47-40)46-39(45-37)30-20-24-32(25-21-30)41-43-34-11-5-7-13-36(34)48-41;1-4-22(28-13-34-19-35-14-28)10-25(7-1)31-40-32(26-8-2-5-23(11-26)29-15-36-20-37-16-29)42-33(41-31)27-9-3-6-24(12-27)30-17-38-21-39-18-30/h1-27H;1-25H;1-21H. The van der Waals surface area contributed by atoms with Gasteiger partial charge in [0.2, 0.25) is 11.8 Å². The summed E-state index contributed by atoms with van der Waals surface area (Å²) in [6, 6.07) is 92.3. The number of fused-ring (bicyclic) bond motifs is 2. The van der Waals surface area contributed by atoms with E-state index in [1.807, 2.05) is 243 Å². The van der Waals surface area contributed by atoms with Crippen molar-refractivity contribution >= 4 is 22.2 Å². The van der Waals surface area contributed by atoms with Gasteiger partial charge in [0.25, 0.3) is 0 Å². The van der Waals surface area contributed by atoms with Gasteiger partial charge in [0.1, 0.15) is 68.0 Å². The topological polar surface area (TPSA) is 400 Å². The molecule has 26 rings (SSSR count). The SMILES string of the molecule is c1cc(-c2cncnc2)cc(-c2nc(-c3cccc(-c4cncnc4)c3)nc(-c3cccc(-c4cncnc4)c3)n2)c1.c1ccc(-c2ccc(-c3nc(-c4ccc(-c5nc6ccccc6o5)cc4)nc(-c4ccc(-c5nc6ccccc6o5)cc4)n3)cc2)cc1.c1ncc(-c2cc(-c3cncnc3)cc(-c3nc(-c4cc(-c5cncnc5)cc(-c5cncnc5)c4)nc(-c4cc(-c5cncnc5)cc(-c5cncnc5)c4)n3)c2)cn1. The Morgan fingerprint density at radius 3 is 0.533 bits per heavy atom. The summed E-state index contributed by atoms with van der Waals surface area (Å²) in [4.78, 5) is 131. The Bertz CT molecular complexity index is 8320. The summed E-state index contributed by atoms with van der Waals surface area (Å²) >= 11 is 0. The Hall–Kier alpha value is -21.7. The first-order valence-electron chi connectivity index (χ1n) is 47.2. The normalized spacial score (nSPS) is 11.1. The molecule has 706 valence electrons. The maximum absolute atomic E-state index is 5.99. The minimum Gasteiger partial charge on any atom is -0.436 e. The van der Waals surface area contributed by atoms with Crippen molar-refractivity contribution in [3.63, 3.8) is 0 Å². The molecule has 0 saturated carbocycles. The lowest BCUT2D eigenvalue weighted by molar-refractivity contribution is 0.619. The molecule has 0 aliphatic heterocycles. The highest BCUT2D eigenvalue weighted by atomic mass is 16.4. The highest BCUT2D eigenvalue weighted by molar-refractivity contribution is 5.87. The van der Waals surface area contributed by atoms with Gasteiger partial charge in [0.15, 0.2) is 63.6 Å². The number of benzene rings is 12. The van der Waals surface area contributed by atoms with Crippen LogP contribution < -0.4 is 0 Å². The third-order valence-electron chi connectivity index (χ3n) is 24.5. The van der Waals surface area contributed by atoms with Gasteiger partial charge >= 0.3 is 0 Å². The summed E-state index contributed by atoms with van der Waals surface area (Å²) in [6.45, 7) is 0. The molecule has 14 aromatic heterocycles. The molecule has 31 nitrogen and oxygen atoms in total. The number of oxazole rings is 2. The van der Waals surface area contributed by atoms with Crippen LogP contribution in [0.15, 0.2) is 456 Å². The first kappa shape index (κ1) is 90.9. The van der Waals surface area contributed by atoms with Crippen LogP contribution in [-0.4, -0.2) is 145 Å². The van der Waals surface area contributed by atoms with Crippen LogP contribution in [0.5, 0.6) is 0 Å². The largest absolute Gasteiger partial charge is 0.436 e. The van der Waals surface area contributed by atoms with Gasteiger partial charge in [-0.05, 0) is 183 Å². The molecule has 31 heteroatoms. The van der Waals surface area contributed by atoms with E-state index in [9.17, 15) is 0 Å². The molecular formula is C119H73N29O2. The van der Waals surface area contributed by atoms with Gasteiger partial charge in [-0.25, -0.2) is 145 Å². The van der Waals surface area contributed by atoms with Gasteiger partial charge in [0, 0.05) is 223 Å². The lowest BCUT2D eigenvalue weighted by Gasteiger charge is -2.14. The van der Waals surface area contributed by atoms with Gasteiger partial charge in [0.05, 0.1) is 0 Å². The second-order valence-corrected chi connectivity index (χ2v) is 34.3. The summed E-state index contributed by atoms with van der Waals surface area (Å²) in [7, 11) is 0. The summed E-state index contributed by atoms with van der Waals surface area (Å²) < 4.78 is 12.0. The molecule has 0 atom stereocenters. The molecular weight excluding hydrogens is 1870 g/mol. The monoisotopic (exact) mass is 1940 g/mol. The lowest BCUT2D eigenvalue weighted by Crippen LogP contribution is -2.02. The smallest absolute Gasteiger partial charge is 0.227 e. The third-order valence-corrected chi connectivity index (χ3v) is 24.5. The zero-order valence-corrected chi connectivity index (χ0v) is 78.9. The summed E-state index contributed by atoms with van der Waals surface area (Å²) in [5.41, 5.74) is 30.1. The maximum Gasteiger partial charge on any atom is 0.227 e. The highest BCUT2D eigenvalue weighted by Gasteiger charge is 2.24. The van der Waals surface area contributed by atoms with E-state index in [4.69, 9.17) is 53.7 Å². The van der Waals surface area contributed by atoms with Crippen LogP contribution >= 0.6 is 0 Å². The van der Waals surface area contributed by atoms with Crippen molar-refractivity contribution in [1.29, 1.82) is 0 Å². The fourth-order valence-corrected chi connectivity index (χ4v) is 17.1. The molecule has 0 spiro atoms. The van der Waals surface area contributed by atoms with E-state index >= 15 is 0 Å². The van der Waals surface area contributed by atoms with Crippen molar-refractivity contribution < 1.29 is 8.83 Å². The second-order valence-electron chi connectivity index (χ2n) is 34.3. The van der Waals surface area contributed by atoms with Crippen LogP contribution in [0.4, 0.5) is 0 Å². The van der Waals surface area contributed by atoms with Gasteiger partial charge in [-0.3, -0.25) is 0 Å². The Kier molecular flexibility index (Phi) is 25.4. The molecule has 0 amide bonds. The fourth-order valence-electron chi connectivity index (χ4n) is 17.1. The highest BCUT2D eigenvalue weighted by Crippen LogP contribution is 2.41. The van der Waals surface area contributed by atoms with Crippen LogP contribution in [-0.2, 0) is 0 Å². The second kappa shape index (κ2) is 41.9. The summed E-state index contributed by atoms with van der Waals surface area (Å²) in [5, 5.41) is 0. The average Bonchev–Trinajstić information content (AvgIpc) is 1.03. The maximum atomic E-state index is 5.99. The van der Waals surface area contributed by atoms with Crippen molar-refractivity contribution in [1.82, 2.24) is 145 Å². The van der Waals surface area contributed by atoms with E-state index in [1.54, 1.807) is 112 Å². The first-order valence-corrected chi connectivity index (χ1v) is 47.2. The van der Waals surface area contributed by atoms with Crippen molar-refractivity contribution in [2.24, 2.45) is 0 Å². The number of rotatable bonds is 21. The van der Waals surface area contributed by atoms with Crippen molar-refractivity contribution in [3.8, 4) is 237 Å². The van der Waals surface area contributed by atoms with E-state index in [0.717, 1.165) is 178 Å². The zero-order chi connectivity index (χ0) is 100. The molecule has 0 aliphatic rings. The van der Waals surface area contributed by atoms with E-state index in [1.165, 1.54) is 56.9 Å². The zero-order valence-electron chi connectivity index (χ0n) is 78.9. The molecule has 0 saturated heterocycles. The van der Waals surface area contributed by atoms with E-state index in [2.05, 4.69) is 136 Å². The van der Waals surface area contributed by atoms with Gasteiger partial charge in [-0.2, -0.15) is 0 Å². The molecule has 14 heterocycles. The lowest BCUT2D eigenvalue weighted by atomic mass is 9.97. The molecule has 0 radical (unpaired) electrons. The van der Waals surface area contributed by atoms with Crippen molar-refractivity contribution in [3.05, 3.63) is 448 Å². The van der Waals surface area contributed by atoms with Crippen LogP contribution in [0.3, 0.4) is 0 Å².